The predicted molar refractivity (Wildman–Crippen MR) is 58.5 cm³/mol. The summed E-state index contributed by atoms with van der Waals surface area (Å²) in [5.41, 5.74) is 1.19. The summed E-state index contributed by atoms with van der Waals surface area (Å²) < 4.78 is 22.4. The van der Waals surface area contributed by atoms with E-state index in [0.717, 1.165) is 0 Å². The van der Waals surface area contributed by atoms with Crippen molar-refractivity contribution in [1.29, 1.82) is 5.26 Å². The van der Waals surface area contributed by atoms with Gasteiger partial charge in [-0.25, -0.2) is 8.42 Å². The summed E-state index contributed by atoms with van der Waals surface area (Å²) in [5.74, 6) is 0.0734. The number of alkyl halides is 1. The Morgan fingerprint density at radius 1 is 1.47 bits per heavy atom. The number of benzene rings is 1. The first-order chi connectivity index (χ1) is 6.90. The van der Waals surface area contributed by atoms with Crippen molar-refractivity contribution in [2.75, 3.05) is 0 Å². The van der Waals surface area contributed by atoms with Gasteiger partial charge in [-0.05, 0) is 24.1 Å². The fourth-order valence-corrected chi connectivity index (χ4v) is 2.57. The molecule has 0 amide bonds. The summed E-state index contributed by atoms with van der Waals surface area (Å²) in [4.78, 5) is -0.178. The molecule has 0 bridgehead atoms. The zero-order chi connectivity index (χ0) is 11.6. The van der Waals surface area contributed by atoms with Crippen LogP contribution in [0, 0.1) is 18.3 Å². The first-order valence-electron chi connectivity index (χ1n) is 3.94. The van der Waals surface area contributed by atoms with E-state index in [2.05, 4.69) is 0 Å². The van der Waals surface area contributed by atoms with E-state index in [1.165, 1.54) is 6.07 Å². The monoisotopic (exact) mass is 263 g/mol. The van der Waals surface area contributed by atoms with Crippen molar-refractivity contribution in [3.05, 3.63) is 28.8 Å². The Balaban J connectivity index is 3.66. The lowest BCUT2D eigenvalue weighted by atomic mass is 10.1. The van der Waals surface area contributed by atoms with Gasteiger partial charge in [0.05, 0.1) is 5.56 Å². The maximum atomic E-state index is 11.2. The SMILES string of the molecule is Cc1cc(CCl)c(C#N)c(S(=O)(=O)Cl)c1. The van der Waals surface area contributed by atoms with E-state index in [0.29, 0.717) is 11.1 Å². The van der Waals surface area contributed by atoms with Gasteiger partial charge in [-0.3, -0.25) is 0 Å². The fraction of sp³-hybridized carbons (Fsp3) is 0.222. The molecule has 0 N–H and O–H groups in total. The first-order valence-corrected chi connectivity index (χ1v) is 6.78. The number of rotatable bonds is 2. The van der Waals surface area contributed by atoms with Gasteiger partial charge in [0, 0.05) is 16.6 Å². The molecule has 0 aromatic heterocycles. The molecular weight excluding hydrogens is 257 g/mol. The fourth-order valence-electron chi connectivity index (χ4n) is 1.25. The first kappa shape index (κ1) is 12.3. The zero-order valence-electron chi connectivity index (χ0n) is 7.79. The van der Waals surface area contributed by atoms with Crippen LogP contribution in [0.1, 0.15) is 16.7 Å². The Kier molecular flexibility index (Phi) is 3.61. The van der Waals surface area contributed by atoms with Crippen LogP contribution >= 0.6 is 22.3 Å². The van der Waals surface area contributed by atoms with Crippen LogP contribution < -0.4 is 0 Å². The highest BCUT2D eigenvalue weighted by molar-refractivity contribution is 8.13. The number of nitriles is 1. The summed E-state index contributed by atoms with van der Waals surface area (Å²) >= 11 is 5.62. The number of aryl methyl sites for hydroxylation is 1. The van der Waals surface area contributed by atoms with E-state index in [1.54, 1.807) is 19.1 Å². The van der Waals surface area contributed by atoms with E-state index in [4.69, 9.17) is 27.5 Å². The molecule has 0 spiro atoms. The highest BCUT2D eigenvalue weighted by Crippen LogP contribution is 2.25. The van der Waals surface area contributed by atoms with Gasteiger partial charge in [0.15, 0.2) is 0 Å². The van der Waals surface area contributed by atoms with Crippen molar-refractivity contribution in [2.45, 2.75) is 17.7 Å². The van der Waals surface area contributed by atoms with Gasteiger partial charge >= 0.3 is 0 Å². The third kappa shape index (κ3) is 2.63. The summed E-state index contributed by atoms with van der Waals surface area (Å²) in [6, 6.07) is 4.82. The molecule has 0 aliphatic rings. The minimum atomic E-state index is -3.91. The van der Waals surface area contributed by atoms with E-state index >= 15 is 0 Å². The summed E-state index contributed by atoms with van der Waals surface area (Å²) in [6.45, 7) is 1.71. The van der Waals surface area contributed by atoms with Crippen molar-refractivity contribution < 1.29 is 8.42 Å². The molecule has 3 nitrogen and oxygen atoms in total. The minimum Gasteiger partial charge on any atom is -0.207 e. The molecule has 0 unspecified atom stereocenters. The molecule has 0 atom stereocenters. The smallest absolute Gasteiger partial charge is 0.207 e. The maximum Gasteiger partial charge on any atom is 0.262 e. The Labute approximate surface area is 97.7 Å². The minimum absolute atomic E-state index is 0.0191. The Morgan fingerprint density at radius 3 is 2.47 bits per heavy atom. The van der Waals surface area contributed by atoms with Crippen LogP contribution in [0.15, 0.2) is 17.0 Å². The van der Waals surface area contributed by atoms with Gasteiger partial charge in [-0.1, -0.05) is 6.07 Å². The second-order valence-electron chi connectivity index (χ2n) is 2.98. The lowest BCUT2D eigenvalue weighted by Crippen LogP contribution is -2.00. The van der Waals surface area contributed by atoms with Crippen LogP contribution in [-0.2, 0) is 14.9 Å². The molecular formula is C9H7Cl2NO2S. The Hall–Kier alpha value is -0.760. The average Bonchev–Trinajstić information content (AvgIpc) is 2.15. The van der Waals surface area contributed by atoms with Crippen molar-refractivity contribution in [1.82, 2.24) is 0 Å². The van der Waals surface area contributed by atoms with Crippen molar-refractivity contribution in [3.63, 3.8) is 0 Å². The largest absolute Gasteiger partial charge is 0.262 e. The Morgan fingerprint density at radius 2 is 2.07 bits per heavy atom. The van der Waals surface area contributed by atoms with Crippen LogP contribution in [0.5, 0.6) is 0 Å². The third-order valence-electron chi connectivity index (χ3n) is 1.85. The van der Waals surface area contributed by atoms with Crippen molar-refractivity contribution in [3.8, 4) is 6.07 Å². The molecule has 0 fully saturated rings. The molecule has 1 rings (SSSR count). The average molecular weight is 264 g/mol. The molecule has 0 saturated carbocycles. The van der Waals surface area contributed by atoms with Gasteiger partial charge in [0.1, 0.15) is 11.0 Å². The van der Waals surface area contributed by atoms with Gasteiger partial charge in [0.2, 0.25) is 0 Å². The highest BCUT2D eigenvalue weighted by atomic mass is 35.7. The lowest BCUT2D eigenvalue weighted by Gasteiger charge is -2.06. The molecule has 0 radical (unpaired) electrons. The van der Waals surface area contributed by atoms with E-state index in [-0.39, 0.29) is 16.3 Å². The van der Waals surface area contributed by atoms with Gasteiger partial charge in [0.25, 0.3) is 9.05 Å². The molecule has 6 heteroatoms. The molecule has 15 heavy (non-hydrogen) atoms. The topological polar surface area (TPSA) is 57.9 Å². The predicted octanol–water partition coefficient (Wildman–Crippen LogP) is 2.53. The van der Waals surface area contributed by atoms with E-state index < -0.39 is 9.05 Å². The maximum absolute atomic E-state index is 11.2. The molecule has 80 valence electrons. The molecule has 1 aromatic rings. The number of nitrogens with zero attached hydrogens (tertiary/aromatic N) is 1. The third-order valence-corrected chi connectivity index (χ3v) is 3.48. The van der Waals surface area contributed by atoms with Crippen LogP contribution in [0.2, 0.25) is 0 Å². The molecule has 0 heterocycles. The van der Waals surface area contributed by atoms with E-state index in [1.807, 2.05) is 0 Å². The van der Waals surface area contributed by atoms with Gasteiger partial charge in [-0.15, -0.1) is 11.6 Å². The van der Waals surface area contributed by atoms with Gasteiger partial charge < -0.3 is 0 Å². The zero-order valence-corrected chi connectivity index (χ0v) is 10.1. The molecule has 1 aromatic carbocycles. The lowest BCUT2D eigenvalue weighted by molar-refractivity contribution is 0.609. The number of halogens is 2. The van der Waals surface area contributed by atoms with Crippen LogP contribution in [-0.4, -0.2) is 8.42 Å². The van der Waals surface area contributed by atoms with Gasteiger partial charge in [-0.2, -0.15) is 5.26 Å². The summed E-state index contributed by atoms with van der Waals surface area (Å²) in [5, 5.41) is 8.85. The van der Waals surface area contributed by atoms with Crippen LogP contribution in [0.25, 0.3) is 0 Å². The number of hydrogen-bond donors (Lipinski definition) is 0. The quantitative estimate of drug-likeness (QED) is 0.609. The van der Waals surface area contributed by atoms with Crippen LogP contribution in [0.4, 0.5) is 0 Å². The summed E-state index contributed by atoms with van der Waals surface area (Å²) in [7, 11) is 1.31. The standard InChI is InChI=1S/C9H7Cl2NO2S/c1-6-2-7(4-10)8(5-12)9(3-6)15(11,13)14/h2-3H,4H2,1H3. The summed E-state index contributed by atoms with van der Waals surface area (Å²) in [6.07, 6.45) is 0. The second-order valence-corrected chi connectivity index (χ2v) is 5.78. The Bertz CT molecular complexity index is 532. The highest BCUT2D eigenvalue weighted by Gasteiger charge is 2.19. The van der Waals surface area contributed by atoms with Crippen LogP contribution in [0.3, 0.4) is 0 Å². The molecule has 0 saturated heterocycles. The molecule has 0 aliphatic heterocycles. The molecule has 0 aliphatic carbocycles. The second kappa shape index (κ2) is 4.40. The van der Waals surface area contributed by atoms with Crippen molar-refractivity contribution >= 4 is 31.3 Å². The normalized spacial score (nSPS) is 11.1. The van der Waals surface area contributed by atoms with E-state index in [9.17, 15) is 8.42 Å². The number of hydrogen-bond acceptors (Lipinski definition) is 3. The van der Waals surface area contributed by atoms with Crippen molar-refractivity contribution in [2.24, 2.45) is 0 Å².